The topological polar surface area (TPSA) is 74.0 Å². The molecule has 2 unspecified atom stereocenters. The molecule has 0 saturated carbocycles. The second kappa shape index (κ2) is 5.33. The highest BCUT2D eigenvalue weighted by atomic mass is 16.2. The molecule has 0 saturated heterocycles. The molecule has 0 radical (unpaired) electrons. The fourth-order valence-corrected chi connectivity index (χ4v) is 3.03. The van der Waals surface area contributed by atoms with Crippen LogP contribution in [0.1, 0.15) is 30.6 Å². The highest BCUT2D eigenvalue weighted by molar-refractivity contribution is 5.91. The van der Waals surface area contributed by atoms with Gasteiger partial charge in [-0.1, -0.05) is 18.2 Å². The second-order valence-electron chi connectivity index (χ2n) is 5.54. The van der Waals surface area contributed by atoms with E-state index in [9.17, 15) is 9.59 Å². The summed E-state index contributed by atoms with van der Waals surface area (Å²) in [4.78, 5) is 27.2. The number of H-pyrrole nitrogens is 1. The SMILES string of the molecule is CNC1CC(=O)NC(C(C)=O)Cc2c1[nH]c1ccccc21. The number of aromatic nitrogens is 1. The van der Waals surface area contributed by atoms with Crippen molar-refractivity contribution in [3.8, 4) is 0 Å². The predicted molar refractivity (Wildman–Crippen MR) is 81.0 cm³/mol. The van der Waals surface area contributed by atoms with Crippen molar-refractivity contribution in [1.29, 1.82) is 0 Å². The first-order valence-corrected chi connectivity index (χ1v) is 7.16. The number of amides is 1. The Labute approximate surface area is 123 Å². The molecule has 1 aromatic carbocycles. The minimum absolute atomic E-state index is 0.0116. The normalized spacial score (nSPS) is 22.3. The molecule has 2 heterocycles. The maximum absolute atomic E-state index is 12.0. The van der Waals surface area contributed by atoms with Crippen LogP contribution in [0.2, 0.25) is 0 Å². The van der Waals surface area contributed by atoms with Crippen molar-refractivity contribution >= 4 is 22.6 Å². The third-order valence-electron chi connectivity index (χ3n) is 4.17. The molecule has 5 heteroatoms. The van der Waals surface area contributed by atoms with Gasteiger partial charge >= 0.3 is 0 Å². The van der Waals surface area contributed by atoms with Crippen molar-refractivity contribution < 1.29 is 9.59 Å². The smallest absolute Gasteiger partial charge is 0.222 e. The summed E-state index contributed by atoms with van der Waals surface area (Å²) in [6.45, 7) is 1.52. The van der Waals surface area contributed by atoms with Gasteiger partial charge in [-0.05, 0) is 25.6 Å². The lowest BCUT2D eigenvalue weighted by Crippen LogP contribution is -2.44. The van der Waals surface area contributed by atoms with E-state index < -0.39 is 6.04 Å². The molecule has 21 heavy (non-hydrogen) atoms. The van der Waals surface area contributed by atoms with Crippen LogP contribution in [0.25, 0.3) is 10.9 Å². The van der Waals surface area contributed by atoms with Crippen molar-refractivity contribution in [3.63, 3.8) is 0 Å². The fourth-order valence-electron chi connectivity index (χ4n) is 3.03. The summed E-state index contributed by atoms with van der Waals surface area (Å²) in [7, 11) is 1.84. The van der Waals surface area contributed by atoms with Crippen LogP contribution >= 0.6 is 0 Å². The van der Waals surface area contributed by atoms with E-state index in [1.54, 1.807) is 0 Å². The predicted octanol–water partition coefficient (Wildman–Crippen LogP) is 1.45. The van der Waals surface area contributed by atoms with Gasteiger partial charge in [0.05, 0.1) is 12.1 Å². The zero-order chi connectivity index (χ0) is 15.0. The first-order chi connectivity index (χ1) is 10.1. The minimum atomic E-state index is -0.451. The first-order valence-electron chi connectivity index (χ1n) is 7.16. The van der Waals surface area contributed by atoms with Gasteiger partial charge in [-0.2, -0.15) is 0 Å². The zero-order valence-electron chi connectivity index (χ0n) is 12.2. The maximum atomic E-state index is 12.0. The Kier molecular flexibility index (Phi) is 3.51. The molecule has 0 fully saturated rings. The standard InChI is InChI=1S/C16H19N3O2/c1-9(20)13-7-11-10-5-3-4-6-12(10)19-16(11)14(17-2)8-15(21)18-13/h3-6,13-14,17,19H,7-8H2,1-2H3,(H,18,21). The Morgan fingerprint density at radius 1 is 1.29 bits per heavy atom. The van der Waals surface area contributed by atoms with Crippen molar-refractivity contribution in [3.05, 3.63) is 35.5 Å². The Morgan fingerprint density at radius 3 is 2.76 bits per heavy atom. The van der Waals surface area contributed by atoms with Gasteiger partial charge in [0.2, 0.25) is 5.91 Å². The van der Waals surface area contributed by atoms with Crippen molar-refractivity contribution in [2.24, 2.45) is 0 Å². The number of hydrogen-bond donors (Lipinski definition) is 3. The number of fused-ring (bicyclic) bond motifs is 3. The molecule has 110 valence electrons. The number of carbonyl (C=O) groups excluding carboxylic acids is 2. The number of benzene rings is 1. The molecule has 0 aliphatic carbocycles. The van der Waals surface area contributed by atoms with Gasteiger partial charge in [-0.15, -0.1) is 0 Å². The Morgan fingerprint density at radius 2 is 2.05 bits per heavy atom. The van der Waals surface area contributed by atoms with Gasteiger partial charge in [0.15, 0.2) is 5.78 Å². The van der Waals surface area contributed by atoms with Crippen LogP contribution in [0, 0.1) is 0 Å². The zero-order valence-corrected chi connectivity index (χ0v) is 12.2. The van der Waals surface area contributed by atoms with E-state index in [0.29, 0.717) is 12.8 Å². The van der Waals surface area contributed by atoms with Crippen molar-refractivity contribution in [2.75, 3.05) is 7.05 Å². The summed E-state index contributed by atoms with van der Waals surface area (Å²) < 4.78 is 0. The van der Waals surface area contributed by atoms with Gasteiger partial charge in [0.1, 0.15) is 0 Å². The third kappa shape index (κ3) is 2.45. The highest BCUT2D eigenvalue weighted by Gasteiger charge is 2.29. The van der Waals surface area contributed by atoms with E-state index in [4.69, 9.17) is 0 Å². The van der Waals surface area contributed by atoms with Crippen LogP contribution in [0.3, 0.4) is 0 Å². The van der Waals surface area contributed by atoms with Gasteiger partial charge in [-0.3, -0.25) is 9.59 Å². The summed E-state index contributed by atoms with van der Waals surface area (Å²) in [5, 5.41) is 7.14. The molecule has 5 nitrogen and oxygen atoms in total. The van der Waals surface area contributed by atoms with Gasteiger partial charge in [0.25, 0.3) is 0 Å². The van der Waals surface area contributed by atoms with Gasteiger partial charge in [-0.25, -0.2) is 0 Å². The third-order valence-corrected chi connectivity index (χ3v) is 4.17. The monoisotopic (exact) mass is 285 g/mol. The van der Waals surface area contributed by atoms with E-state index in [2.05, 4.69) is 21.7 Å². The molecule has 0 bridgehead atoms. The molecule has 1 amide bonds. The lowest BCUT2D eigenvalue weighted by Gasteiger charge is -2.24. The molecule has 2 aromatic rings. The van der Waals surface area contributed by atoms with Crippen LogP contribution < -0.4 is 10.6 Å². The summed E-state index contributed by atoms with van der Waals surface area (Å²) in [6, 6.07) is 7.52. The lowest BCUT2D eigenvalue weighted by molar-refractivity contribution is -0.127. The Hall–Kier alpha value is -2.14. The average Bonchev–Trinajstić information content (AvgIpc) is 2.80. The largest absolute Gasteiger partial charge is 0.357 e. The fraction of sp³-hybridized carbons (Fsp3) is 0.375. The summed E-state index contributed by atoms with van der Waals surface area (Å²) >= 11 is 0. The number of rotatable bonds is 2. The molecule has 1 aliphatic rings. The second-order valence-corrected chi connectivity index (χ2v) is 5.54. The molecule has 1 aliphatic heterocycles. The highest BCUT2D eigenvalue weighted by Crippen LogP contribution is 2.30. The van der Waals surface area contributed by atoms with E-state index in [1.807, 2.05) is 25.2 Å². The summed E-state index contributed by atoms with van der Waals surface area (Å²) in [5.74, 6) is -0.110. The Bertz CT molecular complexity index is 705. The van der Waals surface area contributed by atoms with E-state index in [-0.39, 0.29) is 17.7 Å². The molecule has 2 atom stereocenters. The van der Waals surface area contributed by atoms with Crippen LogP contribution in [0.5, 0.6) is 0 Å². The average molecular weight is 285 g/mol. The number of hydrogen-bond acceptors (Lipinski definition) is 3. The van der Waals surface area contributed by atoms with Crippen LogP contribution in [0.4, 0.5) is 0 Å². The molecule has 1 aromatic heterocycles. The van der Waals surface area contributed by atoms with Crippen LogP contribution in [-0.2, 0) is 16.0 Å². The van der Waals surface area contributed by atoms with Crippen LogP contribution in [0.15, 0.2) is 24.3 Å². The molecular formula is C16H19N3O2. The first kappa shape index (κ1) is 13.8. The maximum Gasteiger partial charge on any atom is 0.222 e. The van der Waals surface area contributed by atoms with Crippen LogP contribution in [-0.4, -0.2) is 29.8 Å². The summed E-state index contributed by atoms with van der Waals surface area (Å²) in [5.41, 5.74) is 3.17. The number of carbonyl (C=O) groups is 2. The number of ketones is 1. The van der Waals surface area contributed by atoms with E-state index in [1.165, 1.54) is 6.92 Å². The lowest BCUT2D eigenvalue weighted by atomic mass is 9.94. The quantitative estimate of drug-likeness (QED) is 0.782. The number of nitrogens with one attached hydrogen (secondary N) is 3. The van der Waals surface area contributed by atoms with Crippen molar-refractivity contribution in [2.45, 2.75) is 31.8 Å². The Balaban J connectivity index is 2.17. The van der Waals surface area contributed by atoms with Gasteiger partial charge in [0, 0.05) is 29.4 Å². The van der Waals surface area contributed by atoms with E-state index >= 15 is 0 Å². The van der Waals surface area contributed by atoms with Crippen molar-refractivity contribution in [1.82, 2.24) is 15.6 Å². The molecule has 3 rings (SSSR count). The number of aromatic amines is 1. The summed E-state index contributed by atoms with van der Waals surface area (Å²) in [6.07, 6.45) is 0.846. The van der Waals surface area contributed by atoms with Gasteiger partial charge < -0.3 is 15.6 Å². The molecule has 0 spiro atoms. The number of Topliss-reactive ketones (excluding diaryl/α,β-unsaturated/α-hetero) is 1. The molecule has 3 N–H and O–H groups in total. The van der Waals surface area contributed by atoms with E-state index in [0.717, 1.165) is 22.2 Å². The molecular weight excluding hydrogens is 266 g/mol. The number of para-hydroxylation sites is 1. The minimum Gasteiger partial charge on any atom is -0.357 e.